The second-order valence-corrected chi connectivity index (χ2v) is 27.7. The van der Waals surface area contributed by atoms with Crippen molar-refractivity contribution in [3.05, 3.63) is 164 Å². The van der Waals surface area contributed by atoms with E-state index in [1.165, 1.54) is 55.6 Å². The summed E-state index contributed by atoms with van der Waals surface area (Å²) in [4.78, 5) is 120. The molecule has 7 aliphatic heterocycles. The molecule has 18 N–H and O–H groups in total. The van der Waals surface area contributed by atoms with E-state index in [1.807, 2.05) is 0 Å². The predicted molar refractivity (Wildman–Crippen MR) is 386 cm³/mol. The van der Waals surface area contributed by atoms with Crippen molar-refractivity contribution in [3.63, 3.8) is 0 Å². The molecule has 1 fully saturated rings. The van der Waals surface area contributed by atoms with Crippen molar-refractivity contribution in [2.45, 2.75) is 150 Å². The zero-order valence-electron chi connectivity index (χ0n) is 58.3. The van der Waals surface area contributed by atoms with Gasteiger partial charge in [-0.05, 0) is 114 Å². The maximum absolute atomic E-state index is 16.4. The first-order valence-corrected chi connectivity index (χ1v) is 35.8. The molecule has 0 radical (unpaired) electrons. The lowest BCUT2D eigenvalue weighted by Crippen LogP contribution is -2.65. The summed E-state index contributed by atoms with van der Waals surface area (Å²) in [6.45, 7) is 1.19. The second kappa shape index (κ2) is 33.1. The first-order chi connectivity index (χ1) is 52.2. The number of aliphatic hydroxyl groups is 4. The summed E-state index contributed by atoms with van der Waals surface area (Å²) in [5.74, 6) is -16.0. The van der Waals surface area contributed by atoms with Gasteiger partial charge in [0.15, 0.2) is 29.0 Å². The third kappa shape index (κ3) is 16.8. The van der Waals surface area contributed by atoms with Gasteiger partial charge >= 0.3 is 5.97 Å². The lowest BCUT2D eigenvalue weighted by Gasteiger charge is -2.42. The van der Waals surface area contributed by atoms with Crippen LogP contribution in [-0.2, 0) is 49.5 Å². The van der Waals surface area contributed by atoms with E-state index in [-0.39, 0.29) is 52.5 Å². The van der Waals surface area contributed by atoms with Crippen molar-refractivity contribution in [3.8, 4) is 80.1 Å². The van der Waals surface area contributed by atoms with E-state index < -0.39 is 217 Å². The first kappa shape index (κ1) is 77.5. The van der Waals surface area contributed by atoms with Crippen molar-refractivity contribution in [2.24, 2.45) is 0 Å². The number of carboxylic acid groups (broad SMARTS) is 1. The van der Waals surface area contributed by atoms with Gasteiger partial charge in [-0.1, -0.05) is 105 Å². The molecule has 0 spiro atoms. The molecule has 14 rings (SSSR count). The van der Waals surface area contributed by atoms with Crippen molar-refractivity contribution < 1.29 is 113 Å². The fraction of sp³-hybridized carbons (Fsp3) is 0.342. The molecule has 1 saturated heterocycles. The van der Waals surface area contributed by atoms with Gasteiger partial charge in [0.2, 0.25) is 53.4 Å². The zero-order chi connectivity index (χ0) is 77.8. The highest BCUT2D eigenvalue weighted by Crippen LogP contribution is 2.50. The van der Waals surface area contributed by atoms with E-state index in [1.54, 1.807) is 0 Å². The number of rotatable bonds is 15. The Morgan fingerprint density at radius 1 is 0.560 bits per heavy atom. The molecule has 7 aliphatic rings. The molecule has 13 atom stereocenters. The smallest absolute Gasteiger partial charge is 0.330 e. The molecule has 0 aliphatic carbocycles. The molecule has 109 heavy (non-hydrogen) atoms. The van der Waals surface area contributed by atoms with Gasteiger partial charge in [-0.15, -0.1) is 0 Å². The van der Waals surface area contributed by atoms with Crippen LogP contribution in [0.2, 0.25) is 10.0 Å². The van der Waals surface area contributed by atoms with E-state index in [0.29, 0.717) is 18.4 Å². The van der Waals surface area contributed by atoms with Gasteiger partial charge in [0.1, 0.15) is 107 Å². The minimum atomic E-state index is -2.33. The normalized spacial score (nSPS) is 24.0. The summed E-state index contributed by atoms with van der Waals surface area (Å²) in [6.07, 6.45) is -2.78. The van der Waals surface area contributed by atoms with Gasteiger partial charge in [-0.3, -0.25) is 33.6 Å². The molecule has 17 bridgehead atoms. The van der Waals surface area contributed by atoms with E-state index >= 15 is 19.2 Å². The number of hydrogen-bond donors (Lipinski definition) is 18. The lowest BCUT2D eigenvalue weighted by molar-refractivity contribution is -0.244. The average molecular weight is 1540 g/mol. The van der Waals surface area contributed by atoms with Crippen LogP contribution < -0.4 is 61.5 Å². The van der Waals surface area contributed by atoms with Crippen molar-refractivity contribution in [1.82, 2.24) is 42.5 Å². The number of carboxylic acids is 1. The molecule has 7 amide bonds. The highest BCUT2D eigenvalue weighted by atomic mass is 35.5. The van der Waals surface area contributed by atoms with Crippen molar-refractivity contribution in [2.75, 3.05) is 13.7 Å². The molecule has 7 aromatic carbocycles. The van der Waals surface area contributed by atoms with Crippen LogP contribution in [-0.4, -0.2) is 155 Å². The Hall–Kier alpha value is -11.2. The largest absolute Gasteiger partial charge is 0.508 e. The number of aliphatic hydroxyl groups excluding tert-OH is 4. The Balaban J connectivity index is 1.09. The van der Waals surface area contributed by atoms with Crippen LogP contribution in [0.25, 0.3) is 11.1 Å². The number of amides is 7. The Morgan fingerprint density at radius 2 is 1.19 bits per heavy atom. The minimum absolute atomic E-state index is 0.0523. The highest BCUT2D eigenvalue weighted by molar-refractivity contribution is 6.33. The number of nitrogens with one attached hydrogen (secondary N) is 8. The van der Waals surface area contributed by atoms with E-state index in [2.05, 4.69) is 49.5 Å². The van der Waals surface area contributed by atoms with Crippen LogP contribution in [0.15, 0.2) is 115 Å². The van der Waals surface area contributed by atoms with Gasteiger partial charge in [0.25, 0.3) is 0 Å². The highest BCUT2D eigenvalue weighted by Gasteiger charge is 2.48. The number of ether oxygens (including phenoxy) is 5. The first-order valence-electron chi connectivity index (χ1n) is 35.0. The summed E-state index contributed by atoms with van der Waals surface area (Å²) in [5, 5.41) is 134. The molecule has 0 saturated carbocycles. The summed E-state index contributed by atoms with van der Waals surface area (Å²) in [5.41, 5.74) is -2.43. The number of benzene rings is 7. The third-order valence-electron chi connectivity index (χ3n) is 19.4. The van der Waals surface area contributed by atoms with Crippen LogP contribution >= 0.6 is 23.2 Å². The molecular weight excluding hydrogens is 1460 g/mol. The van der Waals surface area contributed by atoms with E-state index in [0.717, 1.165) is 105 Å². The maximum atomic E-state index is 16.4. The van der Waals surface area contributed by atoms with Gasteiger partial charge in [-0.2, -0.15) is 0 Å². The van der Waals surface area contributed by atoms with Crippen LogP contribution in [0.3, 0.4) is 0 Å². The molecule has 7 heterocycles. The Labute approximate surface area is 631 Å². The number of aromatic hydroxyl groups is 5. The Morgan fingerprint density at radius 3 is 1.89 bits per heavy atom. The number of halogens is 2. The van der Waals surface area contributed by atoms with Gasteiger partial charge in [0, 0.05) is 47.2 Å². The molecule has 0 aromatic heterocycles. The van der Waals surface area contributed by atoms with Gasteiger partial charge in [0.05, 0.1) is 16.7 Å². The number of hydrogen-bond acceptors (Lipinski definition) is 23. The summed E-state index contributed by atoms with van der Waals surface area (Å²) < 4.78 is 32.5. The second-order valence-electron chi connectivity index (χ2n) is 26.9. The molecule has 33 heteroatoms. The van der Waals surface area contributed by atoms with E-state index in [9.17, 15) is 70.2 Å². The number of carbonyl (C=O) groups is 8. The maximum Gasteiger partial charge on any atom is 0.330 e. The number of fused-ring (bicyclic) bond motifs is 14. The quantitative estimate of drug-likeness (QED) is 0.0495. The topological polar surface area (TPSA) is 481 Å². The predicted octanol–water partition coefficient (Wildman–Crippen LogP) is 6.37. The molecular formula is C76H78Cl2N8O23. The average Bonchev–Trinajstić information content (AvgIpc) is 0.765. The third-order valence-corrected chi connectivity index (χ3v) is 20.1. The number of unbranched alkanes of at least 4 members (excludes halogenated alkanes) is 7. The fourth-order valence-corrected chi connectivity index (χ4v) is 14.2. The van der Waals surface area contributed by atoms with Crippen molar-refractivity contribution in [1.29, 1.82) is 0 Å². The van der Waals surface area contributed by atoms with Crippen LogP contribution in [0, 0.1) is 0 Å². The Bertz CT molecular complexity index is 4700. The number of carbonyl (C=O) groups excluding carboxylic acids is 7. The number of aliphatic carboxylic acids is 1. The summed E-state index contributed by atoms with van der Waals surface area (Å²) in [7, 11) is 1.45. The summed E-state index contributed by atoms with van der Waals surface area (Å²) >= 11 is 14.1. The SMILES string of the molecule is CCCCCCCCCCC(=O)N[C@H]1[C@H](Oc2c3cc4cc2Oc2ccc(cc2Cl)[C@@H](O)[C@@H]2NC(=O)[C@H](NC(=O)[C@@H]4NC(=O)[C@H]4NC(=O)[C@@H](Cc5ccc(cc5)O3)NC(=O)[C@@H](NC)c3ccc(O)c(c3)Oc3cc(O)c(Cl)c4c3)c3ccc(O)c(c3)-c3c(O)cc(O)cc3[C@@H](C(=O)O)NC2=O)O[C@H](CO)[C@@H](O)[C@@H]1O. The van der Waals surface area contributed by atoms with Gasteiger partial charge < -0.3 is 117 Å². The minimum Gasteiger partial charge on any atom is -0.508 e. The standard InChI is InChI=1S/C76H78Cl2N8O23/c1-3-4-5-6-7-8-9-10-11-55(93)81-64-67(96)66(95)54(32-87)108-76(64)109-68-52-26-37-27-53(68)107-50-21-16-36(24-44(50)77)65(94)63-74(102)85-62(75(103)104)42-28-38(88)29-48(91)56(42)41-23-34(14-19-46(41)89)59(71(99)86-63)82-72(100)60(37)83-73(101)61-43-30-40(31-49(92)57(43)78)106-51-25-35(15-20-47(51)90)58(79-2)70(98)80-45(69(97)84-61)22-33-12-17-39(105-52)18-13-33/h12-21,23-31,45,54,58-67,76,79,87-92,94-96H,3-11,22,32H2,1-2H3,(H,80,98)(H,81,93)(H,82,100)(H,83,101)(H,84,97)(H,85,102)(H,86,99)(H,103,104)/t45-,54-,58+,59-,60-,61+,62+,63+,64-,65-,66-,67-,76+/m1/s1. The van der Waals surface area contributed by atoms with Crippen LogP contribution in [0.1, 0.15) is 140 Å². The van der Waals surface area contributed by atoms with Gasteiger partial charge in [-0.25, -0.2) is 4.79 Å². The number of phenols is 5. The Kier molecular flexibility index (Phi) is 23.5. The molecule has 7 aromatic rings. The number of likely N-dealkylation sites (N-methyl/N-ethyl adjacent to an activating group) is 1. The molecule has 31 nitrogen and oxygen atoms in total. The van der Waals surface area contributed by atoms with Crippen molar-refractivity contribution >= 4 is 70.5 Å². The fourth-order valence-electron chi connectivity index (χ4n) is 13.7. The molecule has 574 valence electrons. The van der Waals surface area contributed by atoms with E-state index in [4.69, 9.17) is 46.9 Å². The van der Waals surface area contributed by atoms with Crippen LogP contribution in [0.5, 0.6) is 69.0 Å². The zero-order valence-corrected chi connectivity index (χ0v) is 59.8. The monoisotopic (exact) mass is 1540 g/mol. The van der Waals surface area contributed by atoms with Crippen LogP contribution in [0.4, 0.5) is 0 Å². The summed E-state index contributed by atoms with van der Waals surface area (Å²) in [6, 6.07) is 6.55. The number of phenolic OH excluding ortho intramolecular Hbond substituents is 5. The molecule has 0 unspecified atom stereocenters. The lowest BCUT2D eigenvalue weighted by atomic mass is 9.89.